The van der Waals surface area contributed by atoms with Crippen LogP contribution in [0.15, 0.2) is 24.3 Å². The maximum Gasteiger partial charge on any atom is 0.573 e. The fourth-order valence-electron chi connectivity index (χ4n) is 1.68. The van der Waals surface area contributed by atoms with Crippen molar-refractivity contribution in [3.05, 3.63) is 29.8 Å². The average molecular weight is 304 g/mol. The van der Waals surface area contributed by atoms with E-state index < -0.39 is 6.36 Å². The molecule has 3 N–H and O–H groups in total. The van der Waals surface area contributed by atoms with Crippen LogP contribution in [0.25, 0.3) is 0 Å². The predicted molar refractivity (Wildman–Crippen MR) is 72.9 cm³/mol. The van der Waals surface area contributed by atoms with Crippen molar-refractivity contribution in [3.63, 3.8) is 0 Å². The number of nitrogens with one attached hydrogen (secondary N) is 1. The largest absolute Gasteiger partial charge is 0.573 e. The van der Waals surface area contributed by atoms with Crippen LogP contribution in [0, 0.1) is 5.92 Å². The lowest BCUT2D eigenvalue weighted by Crippen LogP contribution is -2.25. The minimum atomic E-state index is -4.73. The third-order valence-corrected chi connectivity index (χ3v) is 2.91. The van der Waals surface area contributed by atoms with Crippen molar-refractivity contribution in [2.45, 2.75) is 26.1 Å². The van der Waals surface area contributed by atoms with E-state index in [2.05, 4.69) is 10.1 Å². The van der Waals surface area contributed by atoms with Gasteiger partial charge in [-0.3, -0.25) is 4.79 Å². The molecule has 0 saturated heterocycles. The average Bonchev–Trinajstić information content (AvgIpc) is 2.42. The van der Waals surface area contributed by atoms with Gasteiger partial charge in [0.1, 0.15) is 5.75 Å². The molecule has 7 heteroatoms. The molecular formula is C14H19F3N2O2. The van der Waals surface area contributed by atoms with Gasteiger partial charge in [-0.05, 0) is 49.6 Å². The van der Waals surface area contributed by atoms with E-state index >= 15 is 0 Å². The van der Waals surface area contributed by atoms with Gasteiger partial charge in [0.15, 0.2) is 0 Å². The van der Waals surface area contributed by atoms with Gasteiger partial charge in [-0.15, -0.1) is 13.2 Å². The fourth-order valence-corrected chi connectivity index (χ4v) is 1.68. The summed E-state index contributed by atoms with van der Waals surface area (Å²) in [6.45, 7) is 3.14. The van der Waals surface area contributed by atoms with E-state index in [0.29, 0.717) is 19.0 Å². The minimum Gasteiger partial charge on any atom is -0.406 e. The highest BCUT2D eigenvalue weighted by Gasteiger charge is 2.31. The highest BCUT2D eigenvalue weighted by atomic mass is 19.4. The lowest BCUT2D eigenvalue weighted by atomic mass is 10.1. The van der Waals surface area contributed by atoms with E-state index in [-0.39, 0.29) is 17.2 Å². The molecule has 0 aliphatic carbocycles. The number of ether oxygens (including phenoxy) is 1. The molecule has 0 aromatic heterocycles. The standard InChI is InChI=1S/C14H19F3N2O2/c1-10(9-18)3-2-8-19-13(20)11-4-6-12(7-5-11)21-14(15,16)17/h4-7,10H,2-3,8-9,18H2,1H3,(H,19,20). The Morgan fingerprint density at radius 2 is 1.95 bits per heavy atom. The Kier molecular flexibility index (Phi) is 6.48. The van der Waals surface area contributed by atoms with E-state index in [1.165, 1.54) is 12.1 Å². The van der Waals surface area contributed by atoms with E-state index in [0.717, 1.165) is 25.0 Å². The molecule has 0 fully saturated rings. The van der Waals surface area contributed by atoms with Gasteiger partial charge in [0, 0.05) is 12.1 Å². The molecule has 1 unspecified atom stereocenters. The topological polar surface area (TPSA) is 64.3 Å². The summed E-state index contributed by atoms with van der Waals surface area (Å²) < 4.78 is 39.7. The SMILES string of the molecule is CC(CN)CCCNC(=O)c1ccc(OC(F)(F)F)cc1. The van der Waals surface area contributed by atoms with Crippen molar-refractivity contribution in [1.82, 2.24) is 5.32 Å². The molecule has 21 heavy (non-hydrogen) atoms. The minimum absolute atomic E-state index is 0.288. The Hall–Kier alpha value is -1.76. The molecule has 1 aromatic rings. The van der Waals surface area contributed by atoms with Gasteiger partial charge in [-0.25, -0.2) is 0 Å². The number of amides is 1. The molecule has 1 amide bonds. The van der Waals surface area contributed by atoms with Gasteiger partial charge < -0.3 is 15.8 Å². The van der Waals surface area contributed by atoms with Crippen LogP contribution in [-0.4, -0.2) is 25.4 Å². The Morgan fingerprint density at radius 3 is 2.48 bits per heavy atom. The first kappa shape index (κ1) is 17.3. The van der Waals surface area contributed by atoms with Crippen LogP contribution in [0.3, 0.4) is 0 Å². The van der Waals surface area contributed by atoms with Crippen molar-refractivity contribution in [2.24, 2.45) is 11.7 Å². The van der Waals surface area contributed by atoms with E-state index in [1.54, 1.807) is 0 Å². The molecule has 4 nitrogen and oxygen atoms in total. The molecule has 0 heterocycles. The third-order valence-electron chi connectivity index (χ3n) is 2.91. The lowest BCUT2D eigenvalue weighted by Gasteiger charge is -2.10. The highest BCUT2D eigenvalue weighted by Crippen LogP contribution is 2.22. The number of hydrogen-bond acceptors (Lipinski definition) is 3. The molecule has 0 saturated carbocycles. The Labute approximate surface area is 121 Å². The summed E-state index contributed by atoms with van der Waals surface area (Å²) in [5.41, 5.74) is 5.77. The van der Waals surface area contributed by atoms with Gasteiger partial charge in [0.25, 0.3) is 5.91 Å². The molecule has 118 valence electrons. The quantitative estimate of drug-likeness (QED) is 0.761. The number of rotatable bonds is 7. The number of alkyl halides is 3. The van der Waals surface area contributed by atoms with Crippen molar-refractivity contribution < 1.29 is 22.7 Å². The van der Waals surface area contributed by atoms with Gasteiger partial charge in [-0.2, -0.15) is 0 Å². The number of benzene rings is 1. The zero-order chi connectivity index (χ0) is 15.9. The second-order valence-corrected chi connectivity index (χ2v) is 4.81. The highest BCUT2D eigenvalue weighted by molar-refractivity contribution is 5.94. The van der Waals surface area contributed by atoms with Gasteiger partial charge in [-0.1, -0.05) is 6.92 Å². The Bertz CT molecular complexity index is 447. The van der Waals surface area contributed by atoms with E-state index in [1.807, 2.05) is 6.92 Å². The van der Waals surface area contributed by atoms with Crippen LogP contribution >= 0.6 is 0 Å². The summed E-state index contributed by atoms with van der Waals surface area (Å²) in [7, 11) is 0. The first-order valence-electron chi connectivity index (χ1n) is 6.66. The van der Waals surface area contributed by atoms with Crippen molar-refractivity contribution >= 4 is 5.91 Å². The Morgan fingerprint density at radius 1 is 1.33 bits per heavy atom. The van der Waals surface area contributed by atoms with Gasteiger partial charge >= 0.3 is 6.36 Å². The predicted octanol–water partition coefficient (Wildman–Crippen LogP) is 2.69. The molecule has 0 radical (unpaired) electrons. The summed E-state index contributed by atoms with van der Waals surface area (Å²) in [5, 5.41) is 2.70. The van der Waals surface area contributed by atoms with Crippen molar-refractivity contribution in [2.75, 3.05) is 13.1 Å². The van der Waals surface area contributed by atoms with Crippen LogP contribution in [0.5, 0.6) is 5.75 Å². The van der Waals surface area contributed by atoms with Gasteiger partial charge in [0.2, 0.25) is 0 Å². The lowest BCUT2D eigenvalue weighted by molar-refractivity contribution is -0.274. The summed E-state index contributed by atoms with van der Waals surface area (Å²) in [6.07, 6.45) is -3.02. The molecule has 0 aliphatic heterocycles. The van der Waals surface area contributed by atoms with Crippen LogP contribution in [0.2, 0.25) is 0 Å². The second-order valence-electron chi connectivity index (χ2n) is 4.81. The molecule has 1 rings (SSSR count). The number of carbonyl (C=O) groups is 1. The maximum atomic E-state index is 12.0. The third kappa shape index (κ3) is 6.99. The van der Waals surface area contributed by atoms with Crippen LogP contribution in [-0.2, 0) is 0 Å². The van der Waals surface area contributed by atoms with Crippen molar-refractivity contribution in [3.8, 4) is 5.75 Å². The van der Waals surface area contributed by atoms with Gasteiger partial charge in [0.05, 0.1) is 0 Å². The normalized spacial score (nSPS) is 12.8. The summed E-state index contributed by atoms with van der Waals surface area (Å²) in [6, 6.07) is 4.80. The Balaban J connectivity index is 2.41. The van der Waals surface area contributed by atoms with Crippen LogP contribution < -0.4 is 15.8 Å². The molecule has 1 aromatic carbocycles. The summed E-state index contributed by atoms with van der Waals surface area (Å²) in [4.78, 5) is 11.8. The molecule has 0 bridgehead atoms. The van der Waals surface area contributed by atoms with E-state index in [9.17, 15) is 18.0 Å². The number of hydrogen-bond donors (Lipinski definition) is 2. The number of carbonyl (C=O) groups excluding carboxylic acids is 1. The molecule has 0 aliphatic rings. The monoisotopic (exact) mass is 304 g/mol. The zero-order valence-electron chi connectivity index (χ0n) is 11.7. The van der Waals surface area contributed by atoms with Crippen LogP contribution in [0.4, 0.5) is 13.2 Å². The van der Waals surface area contributed by atoms with Crippen molar-refractivity contribution in [1.29, 1.82) is 0 Å². The second kappa shape index (κ2) is 7.87. The smallest absolute Gasteiger partial charge is 0.406 e. The number of halogens is 3. The maximum absolute atomic E-state index is 12.0. The van der Waals surface area contributed by atoms with E-state index in [4.69, 9.17) is 5.73 Å². The fraction of sp³-hybridized carbons (Fsp3) is 0.500. The molecule has 0 spiro atoms. The zero-order valence-corrected chi connectivity index (χ0v) is 11.7. The molecular weight excluding hydrogens is 285 g/mol. The first-order chi connectivity index (χ1) is 9.81. The summed E-state index contributed by atoms with van der Waals surface area (Å²) >= 11 is 0. The number of nitrogens with two attached hydrogens (primary N) is 1. The molecule has 1 atom stereocenters. The van der Waals surface area contributed by atoms with Crippen LogP contribution in [0.1, 0.15) is 30.1 Å². The first-order valence-corrected chi connectivity index (χ1v) is 6.66. The summed E-state index contributed by atoms with van der Waals surface area (Å²) in [5.74, 6) is -0.273.